The Labute approximate surface area is 99.6 Å². The van der Waals surface area contributed by atoms with Crippen LogP contribution < -0.4 is 5.32 Å². The lowest BCUT2D eigenvalue weighted by Gasteiger charge is -2.27. The molecule has 3 rings (SSSR count). The Morgan fingerprint density at radius 3 is 2.71 bits per heavy atom. The summed E-state index contributed by atoms with van der Waals surface area (Å²) in [6, 6.07) is 8.19. The highest BCUT2D eigenvalue weighted by Gasteiger charge is 2.37. The quantitative estimate of drug-likeness (QED) is 0.628. The Morgan fingerprint density at radius 1 is 1.41 bits per heavy atom. The SMILES string of the molecule is O=[N+]([O-])c1ccc(CN2CC3CC2CN3)cc1. The lowest BCUT2D eigenvalue weighted by molar-refractivity contribution is -0.384. The molecule has 0 saturated carbocycles. The van der Waals surface area contributed by atoms with Crippen LogP contribution in [-0.2, 0) is 6.54 Å². The van der Waals surface area contributed by atoms with Gasteiger partial charge in [0.1, 0.15) is 0 Å². The summed E-state index contributed by atoms with van der Waals surface area (Å²) in [5, 5.41) is 14.0. The van der Waals surface area contributed by atoms with Crippen molar-refractivity contribution in [1.82, 2.24) is 10.2 Å². The van der Waals surface area contributed by atoms with Crippen molar-refractivity contribution < 1.29 is 4.92 Å². The molecule has 0 aromatic heterocycles. The molecule has 1 aromatic carbocycles. The number of likely N-dealkylation sites (tertiary alicyclic amines) is 1. The molecule has 0 aliphatic carbocycles. The van der Waals surface area contributed by atoms with Crippen molar-refractivity contribution in [3.8, 4) is 0 Å². The molecule has 0 spiro atoms. The number of nitrogens with one attached hydrogen (secondary N) is 1. The smallest absolute Gasteiger partial charge is 0.269 e. The molecule has 0 amide bonds. The first-order valence-corrected chi connectivity index (χ1v) is 5.93. The van der Waals surface area contributed by atoms with Gasteiger partial charge in [-0.05, 0) is 12.0 Å². The maximum absolute atomic E-state index is 10.5. The zero-order chi connectivity index (χ0) is 11.8. The summed E-state index contributed by atoms with van der Waals surface area (Å²) in [5.74, 6) is 0. The molecular formula is C12H15N3O2. The maximum atomic E-state index is 10.5. The van der Waals surface area contributed by atoms with E-state index in [9.17, 15) is 10.1 Å². The first-order chi connectivity index (χ1) is 8.22. The van der Waals surface area contributed by atoms with Crippen molar-refractivity contribution in [2.75, 3.05) is 13.1 Å². The number of non-ortho nitro benzene ring substituents is 1. The van der Waals surface area contributed by atoms with Crippen LogP contribution >= 0.6 is 0 Å². The van der Waals surface area contributed by atoms with E-state index in [0.717, 1.165) is 25.2 Å². The van der Waals surface area contributed by atoms with Crippen molar-refractivity contribution in [1.29, 1.82) is 0 Å². The van der Waals surface area contributed by atoms with Gasteiger partial charge in [0.25, 0.3) is 5.69 Å². The lowest BCUT2D eigenvalue weighted by atomic mass is 10.2. The summed E-state index contributed by atoms with van der Waals surface area (Å²) < 4.78 is 0. The maximum Gasteiger partial charge on any atom is 0.269 e. The number of piperazine rings is 1. The van der Waals surface area contributed by atoms with Crippen LogP contribution in [0.3, 0.4) is 0 Å². The Bertz CT molecular complexity index is 432. The summed E-state index contributed by atoms with van der Waals surface area (Å²) in [4.78, 5) is 12.7. The summed E-state index contributed by atoms with van der Waals surface area (Å²) >= 11 is 0. The number of benzene rings is 1. The third-order valence-electron chi connectivity index (χ3n) is 3.70. The number of hydrogen-bond donors (Lipinski definition) is 1. The molecule has 2 bridgehead atoms. The van der Waals surface area contributed by atoms with Crippen molar-refractivity contribution in [2.24, 2.45) is 0 Å². The molecule has 2 aliphatic rings. The monoisotopic (exact) mass is 233 g/mol. The minimum absolute atomic E-state index is 0.165. The number of rotatable bonds is 3. The Morgan fingerprint density at radius 2 is 2.18 bits per heavy atom. The first-order valence-electron chi connectivity index (χ1n) is 5.93. The predicted molar refractivity (Wildman–Crippen MR) is 63.7 cm³/mol. The minimum Gasteiger partial charge on any atom is -0.311 e. The molecule has 5 nitrogen and oxygen atoms in total. The number of nitro benzene ring substituents is 1. The van der Waals surface area contributed by atoms with E-state index in [0.29, 0.717) is 12.1 Å². The molecule has 17 heavy (non-hydrogen) atoms. The normalized spacial score (nSPS) is 27.5. The van der Waals surface area contributed by atoms with E-state index < -0.39 is 0 Å². The van der Waals surface area contributed by atoms with E-state index in [1.54, 1.807) is 12.1 Å². The van der Waals surface area contributed by atoms with Crippen LogP contribution in [0.25, 0.3) is 0 Å². The van der Waals surface area contributed by atoms with E-state index in [1.807, 2.05) is 12.1 Å². The van der Waals surface area contributed by atoms with Gasteiger partial charge < -0.3 is 5.32 Å². The molecule has 1 aromatic rings. The standard InChI is InChI=1S/C12H15N3O2/c16-15(17)11-3-1-9(2-4-11)7-14-8-10-5-12(14)6-13-10/h1-4,10,12-13H,5-8H2. The molecule has 2 atom stereocenters. The van der Waals surface area contributed by atoms with Crippen LogP contribution in [0.5, 0.6) is 0 Å². The largest absolute Gasteiger partial charge is 0.311 e. The number of hydrogen-bond acceptors (Lipinski definition) is 4. The van der Waals surface area contributed by atoms with Crippen LogP contribution in [0.4, 0.5) is 5.69 Å². The molecule has 2 fully saturated rings. The van der Waals surface area contributed by atoms with Gasteiger partial charge >= 0.3 is 0 Å². The van der Waals surface area contributed by atoms with Gasteiger partial charge in [0.05, 0.1) is 4.92 Å². The molecule has 1 N–H and O–H groups in total. The zero-order valence-electron chi connectivity index (χ0n) is 9.50. The topological polar surface area (TPSA) is 58.4 Å². The average molecular weight is 233 g/mol. The molecule has 90 valence electrons. The Kier molecular flexibility index (Phi) is 2.57. The Hall–Kier alpha value is -1.46. The second-order valence-electron chi connectivity index (χ2n) is 4.85. The van der Waals surface area contributed by atoms with Gasteiger partial charge in [-0.3, -0.25) is 15.0 Å². The number of nitro groups is 1. The minimum atomic E-state index is -0.356. The van der Waals surface area contributed by atoms with Crippen molar-refractivity contribution in [3.05, 3.63) is 39.9 Å². The number of fused-ring (bicyclic) bond motifs is 2. The molecule has 2 heterocycles. The third kappa shape index (κ3) is 2.03. The highest BCUT2D eigenvalue weighted by atomic mass is 16.6. The van der Waals surface area contributed by atoms with E-state index in [1.165, 1.54) is 6.42 Å². The van der Waals surface area contributed by atoms with E-state index in [-0.39, 0.29) is 10.6 Å². The fourth-order valence-electron chi connectivity index (χ4n) is 2.80. The van der Waals surface area contributed by atoms with Crippen molar-refractivity contribution >= 4 is 5.69 Å². The average Bonchev–Trinajstić information content (AvgIpc) is 2.91. The molecule has 5 heteroatoms. The van der Waals surface area contributed by atoms with Crippen LogP contribution in [0.2, 0.25) is 0 Å². The van der Waals surface area contributed by atoms with Crippen LogP contribution in [0.15, 0.2) is 24.3 Å². The summed E-state index contributed by atoms with van der Waals surface area (Å²) in [7, 11) is 0. The third-order valence-corrected chi connectivity index (χ3v) is 3.70. The highest BCUT2D eigenvalue weighted by Crippen LogP contribution is 2.25. The Balaban J connectivity index is 1.67. The first kappa shape index (κ1) is 10.7. The van der Waals surface area contributed by atoms with E-state index in [2.05, 4.69) is 10.2 Å². The highest BCUT2D eigenvalue weighted by molar-refractivity contribution is 5.32. The second kappa shape index (κ2) is 4.09. The van der Waals surface area contributed by atoms with Crippen molar-refractivity contribution in [3.63, 3.8) is 0 Å². The molecule has 0 radical (unpaired) electrons. The molecule has 2 aliphatic heterocycles. The second-order valence-corrected chi connectivity index (χ2v) is 4.85. The van der Waals surface area contributed by atoms with Gasteiger partial charge in [0.2, 0.25) is 0 Å². The van der Waals surface area contributed by atoms with Crippen LogP contribution in [0.1, 0.15) is 12.0 Å². The molecular weight excluding hydrogens is 218 g/mol. The van der Waals surface area contributed by atoms with Crippen LogP contribution in [0, 0.1) is 10.1 Å². The summed E-state index contributed by atoms with van der Waals surface area (Å²) in [6.07, 6.45) is 1.24. The van der Waals surface area contributed by atoms with Gasteiger partial charge in [0, 0.05) is 43.9 Å². The lowest BCUT2D eigenvalue weighted by Crippen LogP contribution is -2.42. The fourth-order valence-corrected chi connectivity index (χ4v) is 2.80. The van der Waals surface area contributed by atoms with Gasteiger partial charge in [-0.2, -0.15) is 0 Å². The van der Waals surface area contributed by atoms with Gasteiger partial charge in [-0.1, -0.05) is 12.1 Å². The number of nitrogens with zero attached hydrogens (tertiary/aromatic N) is 2. The van der Waals surface area contributed by atoms with Gasteiger partial charge in [-0.25, -0.2) is 0 Å². The van der Waals surface area contributed by atoms with Crippen LogP contribution in [-0.4, -0.2) is 35.0 Å². The van der Waals surface area contributed by atoms with E-state index in [4.69, 9.17) is 0 Å². The summed E-state index contributed by atoms with van der Waals surface area (Å²) in [5.41, 5.74) is 1.32. The van der Waals surface area contributed by atoms with E-state index >= 15 is 0 Å². The van der Waals surface area contributed by atoms with Gasteiger partial charge in [0.15, 0.2) is 0 Å². The van der Waals surface area contributed by atoms with Crippen molar-refractivity contribution in [2.45, 2.75) is 25.0 Å². The fraction of sp³-hybridized carbons (Fsp3) is 0.500. The summed E-state index contributed by atoms with van der Waals surface area (Å²) in [6.45, 7) is 3.08. The van der Waals surface area contributed by atoms with Gasteiger partial charge in [-0.15, -0.1) is 0 Å². The molecule has 2 saturated heterocycles. The zero-order valence-corrected chi connectivity index (χ0v) is 9.50. The predicted octanol–water partition coefficient (Wildman–Crippen LogP) is 1.14. The molecule has 2 unspecified atom stereocenters.